The summed E-state index contributed by atoms with van der Waals surface area (Å²) in [6, 6.07) is 18.1. The summed E-state index contributed by atoms with van der Waals surface area (Å²) in [5, 5.41) is 11.9. The van der Waals surface area contributed by atoms with Crippen LogP contribution in [0, 0.1) is 17.3 Å². The van der Waals surface area contributed by atoms with Crippen LogP contribution in [0.15, 0.2) is 77.6 Å². The Morgan fingerprint density at radius 2 is 1.67 bits per heavy atom. The standard InChI is InChI=1S/C34H32O8/c1-17(2)32-26(41-32)27-34(42-27)31(3)15-14-20-23(21(31)16-22-33(34,40-22)30(32)37)25(39-29(20)36)24(18-10-6-4-7-11-18)38-28(35)19-12-8-5-9-13-19/h4-13,17,21-22,26-27,30,37H,14-16H2,1-3H3/b25-24+/t21-,22-,26-,27-,30+,31-,32-,33+,34+/m0/s1. The lowest BCUT2D eigenvalue weighted by atomic mass is 9.46. The molecule has 8 heteroatoms. The van der Waals surface area contributed by atoms with Gasteiger partial charge in [0.15, 0.2) is 17.1 Å². The maximum absolute atomic E-state index is 13.4. The van der Waals surface area contributed by atoms with Crippen molar-refractivity contribution < 1.29 is 38.4 Å². The second kappa shape index (κ2) is 7.80. The molecule has 1 N–H and O–H groups in total. The summed E-state index contributed by atoms with van der Waals surface area (Å²) in [7, 11) is 0. The van der Waals surface area contributed by atoms with Crippen LogP contribution >= 0.6 is 0 Å². The van der Waals surface area contributed by atoms with Crippen LogP contribution in [0.25, 0.3) is 5.76 Å². The largest absolute Gasteiger partial charge is 0.419 e. The fraction of sp³-hybridized carbons (Fsp3) is 0.471. The molecule has 4 aliphatic heterocycles. The minimum absolute atomic E-state index is 0.119. The number of ether oxygens (including phenoxy) is 5. The molecule has 2 aromatic rings. The number of epoxide rings is 3. The van der Waals surface area contributed by atoms with Gasteiger partial charge in [0.1, 0.15) is 29.5 Å². The third-order valence-corrected chi connectivity index (χ3v) is 11.5. The highest BCUT2D eigenvalue weighted by Crippen LogP contribution is 2.83. The molecule has 0 radical (unpaired) electrons. The van der Waals surface area contributed by atoms with Crippen LogP contribution in [-0.4, -0.2) is 58.3 Å². The molecule has 3 saturated heterocycles. The van der Waals surface area contributed by atoms with Gasteiger partial charge < -0.3 is 28.8 Å². The molecule has 3 aliphatic carbocycles. The number of carbonyl (C=O) groups excluding carboxylic acids is 2. The number of aliphatic hydroxyl groups excluding tert-OH is 1. The van der Waals surface area contributed by atoms with E-state index in [9.17, 15) is 14.7 Å². The Kier molecular flexibility index (Phi) is 4.68. The molecule has 8 nitrogen and oxygen atoms in total. The highest BCUT2D eigenvalue weighted by molar-refractivity contribution is 5.99. The zero-order valence-corrected chi connectivity index (χ0v) is 23.7. The van der Waals surface area contributed by atoms with Gasteiger partial charge in [-0.25, -0.2) is 9.59 Å². The van der Waals surface area contributed by atoms with E-state index in [4.69, 9.17) is 23.7 Å². The normalized spacial score (nSPS) is 44.5. The predicted molar refractivity (Wildman–Crippen MR) is 147 cm³/mol. The van der Waals surface area contributed by atoms with Crippen molar-refractivity contribution >= 4 is 17.7 Å². The van der Waals surface area contributed by atoms with Crippen molar-refractivity contribution in [3.63, 3.8) is 0 Å². The maximum Gasteiger partial charge on any atom is 0.343 e. The lowest BCUT2D eigenvalue weighted by molar-refractivity contribution is -0.133. The SMILES string of the molecule is CC(C)[C@]12O[C@H]1[C@@H]1O[C@]13[C@]1(O[C@H]1C[C@H]1C4=C(CC[C@@]13C)C(=O)O/C4=C(/OC(=O)c1ccccc1)c1ccccc1)[C@@H]2O. The van der Waals surface area contributed by atoms with Crippen molar-refractivity contribution in [3.8, 4) is 0 Å². The molecule has 7 aliphatic rings. The Balaban J connectivity index is 1.17. The van der Waals surface area contributed by atoms with E-state index in [1.54, 1.807) is 24.3 Å². The summed E-state index contributed by atoms with van der Waals surface area (Å²) >= 11 is 0. The maximum atomic E-state index is 13.4. The van der Waals surface area contributed by atoms with Crippen molar-refractivity contribution in [1.29, 1.82) is 0 Å². The number of cyclic esters (lactones) is 1. The highest BCUT2D eigenvalue weighted by Gasteiger charge is 3.00. The van der Waals surface area contributed by atoms with Crippen molar-refractivity contribution in [2.24, 2.45) is 17.3 Å². The molecule has 5 fully saturated rings. The summed E-state index contributed by atoms with van der Waals surface area (Å²) < 4.78 is 31.6. The van der Waals surface area contributed by atoms with E-state index in [0.717, 1.165) is 5.57 Å². The Morgan fingerprint density at radius 3 is 2.36 bits per heavy atom. The molecule has 0 bridgehead atoms. The average Bonchev–Trinajstić information content (AvgIpc) is 3.91. The van der Waals surface area contributed by atoms with Crippen molar-refractivity contribution in [2.45, 2.75) is 81.3 Å². The van der Waals surface area contributed by atoms with Crippen LogP contribution in [0.1, 0.15) is 56.0 Å². The number of esters is 2. The lowest BCUT2D eigenvalue weighted by Gasteiger charge is -2.53. The minimum atomic E-state index is -0.826. The summed E-state index contributed by atoms with van der Waals surface area (Å²) in [5.41, 5.74) is -0.242. The summed E-state index contributed by atoms with van der Waals surface area (Å²) in [4.78, 5) is 26.7. The van der Waals surface area contributed by atoms with Gasteiger partial charge >= 0.3 is 11.9 Å². The number of fused-ring (bicyclic) bond motifs is 4. The molecule has 2 aromatic carbocycles. The Morgan fingerprint density at radius 1 is 0.976 bits per heavy atom. The molecule has 0 aromatic heterocycles. The first-order valence-corrected chi connectivity index (χ1v) is 14.9. The van der Waals surface area contributed by atoms with E-state index in [0.29, 0.717) is 41.7 Å². The van der Waals surface area contributed by atoms with Crippen LogP contribution in [0.2, 0.25) is 0 Å². The number of rotatable bonds is 4. The zero-order chi connectivity index (χ0) is 28.8. The Bertz CT molecular complexity index is 1630. The van der Waals surface area contributed by atoms with Gasteiger partial charge in [0.05, 0.1) is 11.7 Å². The molecular formula is C34H32O8. The van der Waals surface area contributed by atoms with E-state index in [1.807, 2.05) is 36.4 Å². The minimum Gasteiger partial charge on any atom is -0.419 e. The quantitative estimate of drug-likeness (QED) is 0.330. The van der Waals surface area contributed by atoms with Gasteiger partial charge in [-0.05, 0) is 43.2 Å². The second-order valence-electron chi connectivity index (χ2n) is 13.4. The number of hydrogen-bond donors (Lipinski definition) is 1. The van der Waals surface area contributed by atoms with Gasteiger partial charge in [0.25, 0.3) is 0 Å². The number of carbonyl (C=O) groups is 2. The van der Waals surface area contributed by atoms with Crippen molar-refractivity contribution in [1.82, 2.24) is 0 Å². The summed E-state index contributed by atoms with van der Waals surface area (Å²) in [6.45, 7) is 6.37. The highest BCUT2D eigenvalue weighted by atomic mass is 16.7. The van der Waals surface area contributed by atoms with Crippen LogP contribution < -0.4 is 0 Å². The molecule has 2 spiro atoms. The van der Waals surface area contributed by atoms with E-state index < -0.39 is 40.3 Å². The number of allylic oxidation sites excluding steroid dienone is 1. The fourth-order valence-electron chi connectivity index (χ4n) is 9.37. The van der Waals surface area contributed by atoms with E-state index >= 15 is 0 Å². The Hall–Kier alpha value is -3.30. The van der Waals surface area contributed by atoms with E-state index in [2.05, 4.69) is 20.8 Å². The molecule has 0 unspecified atom stereocenters. The monoisotopic (exact) mass is 568 g/mol. The number of aliphatic hydroxyl groups is 1. The van der Waals surface area contributed by atoms with Gasteiger partial charge in [0, 0.05) is 22.1 Å². The van der Waals surface area contributed by atoms with Gasteiger partial charge in [-0.1, -0.05) is 69.3 Å². The fourth-order valence-corrected chi connectivity index (χ4v) is 9.37. The first kappa shape index (κ1) is 25.2. The topological polar surface area (TPSA) is 110 Å². The molecule has 42 heavy (non-hydrogen) atoms. The third-order valence-electron chi connectivity index (χ3n) is 11.5. The summed E-state index contributed by atoms with van der Waals surface area (Å²) in [5.74, 6) is -0.473. The van der Waals surface area contributed by atoms with Gasteiger partial charge in [-0.3, -0.25) is 0 Å². The van der Waals surface area contributed by atoms with Crippen molar-refractivity contribution in [3.05, 3.63) is 88.7 Å². The van der Waals surface area contributed by atoms with Crippen LogP contribution in [0.5, 0.6) is 0 Å². The smallest absolute Gasteiger partial charge is 0.343 e. The Labute approximate surface area is 243 Å². The molecular weight excluding hydrogens is 536 g/mol. The molecule has 2 saturated carbocycles. The molecule has 216 valence electrons. The van der Waals surface area contributed by atoms with E-state index in [-0.39, 0.29) is 35.9 Å². The molecule has 9 atom stereocenters. The first-order chi connectivity index (χ1) is 20.2. The van der Waals surface area contributed by atoms with Gasteiger partial charge in [0.2, 0.25) is 0 Å². The van der Waals surface area contributed by atoms with Crippen LogP contribution in [0.3, 0.4) is 0 Å². The third kappa shape index (κ3) is 2.70. The second-order valence-corrected chi connectivity index (χ2v) is 13.4. The van der Waals surface area contributed by atoms with Gasteiger partial charge in [-0.2, -0.15) is 0 Å². The zero-order valence-electron chi connectivity index (χ0n) is 23.7. The predicted octanol–water partition coefficient (Wildman–Crippen LogP) is 4.33. The lowest BCUT2D eigenvalue weighted by Crippen LogP contribution is -2.69. The number of hydrogen-bond acceptors (Lipinski definition) is 8. The summed E-state index contributed by atoms with van der Waals surface area (Å²) in [6.07, 6.45) is 0.371. The first-order valence-electron chi connectivity index (χ1n) is 14.9. The molecule has 9 rings (SSSR count). The molecule has 0 amide bonds. The number of benzene rings is 2. The van der Waals surface area contributed by atoms with Crippen molar-refractivity contribution in [2.75, 3.05) is 0 Å². The average molecular weight is 569 g/mol. The van der Waals surface area contributed by atoms with Gasteiger partial charge in [-0.15, -0.1) is 0 Å². The van der Waals surface area contributed by atoms with E-state index in [1.165, 1.54) is 0 Å². The van der Waals surface area contributed by atoms with Crippen LogP contribution in [0.4, 0.5) is 0 Å². The van der Waals surface area contributed by atoms with Crippen LogP contribution in [-0.2, 0) is 28.5 Å². The molecule has 4 heterocycles.